The Morgan fingerprint density at radius 3 is 2.58 bits per heavy atom. The maximum absolute atomic E-state index is 11.6. The third-order valence-corrected chi connectivity index (χ3v) is 2.26. The molecule has 0 aliphatic rings. The van der Waals surface area contributed by atoms with E-state index in [1.54, 1.807) is 18.2 Å². The molecule has 0 spiro atoms. The van der Waals surface area contributed by atoms with E-state index in [9.17, 15) is 9.59 Å². The van der Waals surface area contributed by atoms with Crippen molar-refractivity contribution < 1.29 is 14.3 Å². The molecule has 0 radical (unpaired) electrons. The molecule has 0 unspecified atom stereocenters. The summed E-state index contributed by atoms with van der Waals surface area (Å²) in [6.45, 7) is 5.39. The summed E-state index contributed by atoms with van der Waals surface area (Å²) in [6, 6.07) is 5.14. The van der Waals surface area contributed by atoms with Gasteiger partial charge in [-0.05, 0) is 44.5 Å². The van der Waals surface area contributed by atoms with Crippen LogP contribution < -0.4 is 15.8 Å². The first-order valence-corrected chi connectivity index (χ1v) is 5.86. The van der Waals surface area contributed by atoms with Crippen molar-refractivity contribution in [3.8, 4) is 5.75 Å². The average Bonchev–Trinajstić information content (AvgIpc) is 2.28. The van der Waals surface area contributed by atoms with E-state index in [1.807, 2.05) is 20.8 Å². The Bertz CT molecular complexity index is 517. The van der Waals surface area contributed by atoms with Crippen LogP contribution in [0.15, 0.2) is 29.8 Å². The van der Waals surface area contributed by atoms with E-state index in [2.05, 4.69) is 5.32 Å². The van der Waals surface area contributed by atoms with Gasteiger partial charge in [-0.3, -0.25) is 9.59 Å². The molecule has 0 aliphatic heterocycles. The first kappa shape index (κ1) is 14.8. The number of anilines is 1. The van der Waals surface area contributed by atoms with Crippen molar-refractivity contribution in [3.05, 3.63) is 35.4 Å². The highest BCUT2D eigenvalue weighted by atomic mass is 16.5. The standard InChI is InChI=1S/C14H18N2O3/c1-9(2)6-14(18)16-12-5-4-11(7-10(12)3)19-8-13(15)17/h4-7H,8H2,1-3H3,(H2,15,17)(H,16,18). The van der Waals surface area contributed by atoms with Crippen molar-refractivity contribution in [2.24, 2.45) is 5.73 Å². The van der Waals surface area contributed by atoms with Crippen LogP contribution in [0.1, 0.15) is 19.4 Å². The Balaban J connectivity index is 2.74. The predicted octanol–water partition coefficient (Wildman–Crippen LogP) is 1.76. The molecule has 0 saturated carbocycles. The lowest BCUT2D eigenvalue weighted by molar-refractivity contribution is -0.120. The Labute approximate surface area is 112 Å². The van der Waals surface area contributed by atoms with Crippen molar-refractivity contribution in [1.82, 2.24) is 0 Å². The maximum atomic E-state index is 11.6. The number of aryl methyl sites for hydroxylation is 1. The number of amides is 2. The van der Waals surface area contributed by atoms with Gasteiger partial charge in [0.15, 0.2) is 6.61 Å². The topological polar surface area (TPSA) is 81.4 Å². The van der Waals surface area contributed by atoms with Gasteiger partial charge in [-0.1, -0.05) is 5.57 Å². The highest BCUT2D eigenvalue weighted by molar-refractivity contribution is 6.00. The van der Waals surface area contributed by atoms with Crippen LogP contribution in [0, 0.1) is 6.92 Å². The molecule has 5 nitrogen and oxygen atoms in total. The molecule has 2 amide bonds. The van der Waals surface area contributed by atoms with Crippen LogP contribution in [-0.4, -0.2) is 18.4 Å². The summed E-state index contributed by atoms with van der Waals surface area (Å²) in [7, 11) is 0. The fourth-order valence-electron chi connectivity index (χ4n) is 1.45. The van der Waals surface area contributed by atoms with Crippen LogP contribution in [0.2, 0.25) is 0 Å². The average molecular weight is 262 g/mol. The van der Waals surface area contributed by atoms with E-state index in [0.29, 0.717) is 11.4 Å². The minimum Gasteiger partial charge on any atom is -0.484 e. The lowest BCUT2D eigenvalue weighted by atomic mass is 10.2. The van der Waals surface area contributed by atoms with Crippen molar-refractivity contribution in [1.29, 1.82) is 0 Å². The van der Waals surface area contributed by atoms with Crippen molar-refractivity contribution >= 4 is 17.5 Å². The van der Waals surface area contributed by atoms with Crippen LogP contribution in [0.3, 0.4) is 0 Å². The van der Waals surface area contributed by atoms with Gasteiger partial charge in [-0.25, -0.2) is 0 Å². The Kier molecular flexibility index (Phi) is 5.11. The number of benzene rings is 1. The summed E-state index contributed by atoms with van der Waals surface area (Å²) in [5, 5.41) is 2.77. The number of ether oxygens (including phenoxy) is 1. The first-order valence-electron chi connectivity index (χ1n) is 5.86. The number of carbonyl (C=O) groups excluding carboxylic acids is 2. The van der Waals surface area contributed by atoms with Crippen LogP contribution in [-0.2, 0) is 9.59 Å². The van der Waals surface area contributed by atoms with Gasteiger partial charge < -0.3 is 15.8 Å². The summed E-state index contributed by atoms with van der Waals surface area (Å²) in [6.07, 6.45) is 1.52. The number of rotatable bonds is 5. The number of hydrogen-bond donors (Lipinski definition) is 2. The molecule has 102 valence electrons. The number of allylic oxidation sites excluding steroid dienone is 1. The largest absolute Gasteiger partial charge is 0.484 e. The monoisotopic (exact) mass is 262 g/mol. The number of carbonyl (C=O) groups is 2. The quantitative estimate of drug-likeness (QED) is 0.793. The van der Waals surface area contributed by atoms with Gasteiger partial charge in [-0.15, -0.1) is 0 Å². The van der Waals surface area contributed by atoms with Gasteiger partial charge >= 0.3 is 0 Å². The molecule has 19 heavy (non-hydrogen) atoms. The molecule has 0 aliphatic carbocycles. The van der Waals surface area contributed by atoms with Gasteiger partial charge in [0.25, 0.3) is 5.91 Å². The zero-order valence-electron chi connectivity index (χ0n) is 11.3. The van der Waals surface area contributed by atoms with Crippen molar-refractivity contribution in [2.75, 3.05) is 11.9 Å². The maximum Gasteiger partial charge on any atom is 0.255 e. The van der Waals surface area contributed by atoms with E-state index < -0.39 is 5.91 Å². The summed E-state index contributed by atoms with van der Waals surface area (Å²) in [4.78, 5) is 22.2. The number of hydrogen-bond acceptors (Lipinski definition) is 3. The smallest absolute Gasteiger partial charge is 0.255 e. The minimum atomic E-state index is -0.529. The number of primary amides is 1. The normalized spacial score (nSPS) is 9.63. The zero-order chi connectivity index (χ0) is 14.4. The van der Waals surface area contributed by atoms with Gasteiger partial charge in [0, 0.05) is 11.8 Å². The first-order chi connectivity index (χ1) is 8.88. The molecule has 0 aromatic heterocycles. The lowest BCUT2D eigenvalue weighted by Crippen LogP contribution is -2.20. The lowest BCUT2D eigenvalue weighted by Gasteiger charge is -2.09. The third kappa shape index (κ3) is 5.25. The summed E-state index contributed by atoms with van der Waals surface area (Å²) < 4.78 is 5.17. The Morgan fingerprint density at radius 2 is 2.05 bits per heavy atom. The van der Waals surface area contributed by atoms with Crippen LogP contribution in [0.25, 0.3) is 0 Å². The van der Waals surface area contributed by atoms with E-state index in [1.165, 1.54) is 6.08 Å². The number of nitrogens with two attached hydrogens (primary N) is 1. The summed E-state index contributed by atoms with van der Waals surface area (Å²) in [5.74, 6) is -0.163. The third-order valence-electron chi connectivity index (χ3n) is 2.26. The second kappa shape index (κ2) is 6.58. The van der Waals surface area contributed by atoms with E-state index in [0.717, 1.165) is 11.1 Å². The van der Waals surface area contributed by atoms with Gasteiger partial charge in [-0.2, -0.15) is 0 Å². The molecule has 0 fully saturated rings. The number of nitrogens with one attached hydrogen (secondary N) is 1. The second-order valence-electron chi connectivity index (χ2n) is 4.44. The minimum absolute atomic E-state index is 0.164. The highest BCUT2D eigenvalue weighted by Gasteiger charge is 2.04. The molecule has 0 atom stereocenters. The molecular formula is C14H18N2O3. The molecule has 0 saturated heterocycles. The summed E-state index contributed by atoms with van der Waals surface area (Å²) >= 11 is 0. The van der Waals surface area contributed by atoms with Crippen LogP contribution in [0.5, 0.6) is 5.75 Å². The molecule has 0 bridgehead atoms. The fourth-order valence-corrected chi connectivity index (χ4v) is 1.45. The molecule has 0 heterocycles. The van der Waals surface area contributed by atoms with Crippen molar-refractivity contribution in [2.45, 2.75) is 20.8 Å². The van der Waals surface area contributed by atoms with Crippen LogP contribution in [0.4, 0.5) is 5.69 Å². The molecule has 1 aromatic carbocycles. The van der Waals surface area contributed by atoms with E-state index >= 15 is 0 Å². The highest BCUT2D eigenvalue weighted by Crippen LogP contribution is 2.21. The summed E-state index contributed by atoms with van der Waals surface area (Å²) in [5.41, 5.74) is 7.47. The molecule has 1 rings (SSSR count). The SMILES string of the molecule is CC(C)=CC(=O)Nc1ccc(OCC(N)=O)cc1C. The molecule has 1 aromatic rings. The Hall–Kier alpha value is -2.30. The Morgan fingerprint density at radius 1 is 1.37 bits per heavy atom. The molecular weight excluding hydrogens is 244 g/mol. The molecule has 3 N–H and O–H groups in total. The van der Waals surface area contributed by atoms with Gasteiger partial charge in [0.05, 0.1) is 0 Å². The second-order valence-corrected chi connectivity index (χ2v) is 4.44. The van der Waals surface area contributed by atoms with Gasteiger partial charge in [0.2, 0.25) is 5.91 Å². The van der Waals surface area contributed by atoms with E-state index in [-0.39, 0.29) is 12.5 Å². The zero-order valence-corrected chi connectivity index (χ0v) is 11.3. The van der Waals surface area contributed by atoms with Gasteiger partial charge in [0.1, 0.15) is 5.75 Å². The molecule has 5 heteroatoms. The van der Waals surface area contributed by atoms with Crippen LogP contribution >= 0.6 is 0 Å². The fraction of sp³-hybridized carbons (Fsp3) is 0.286. The van der Waals surface area contributed by atoms with E-state index in [4.69, 9.17) is 10.5 Å². The van der Waals surface area contributed by atoms with Crippen molar-refractivity contribution in [3.63, 3.8) is 0 Å². The predicted molar refractivity (Wildman–Crippen MR) is 73.9 cm³/mol.